The molecule has 3 aromatic rings. The Kier molecular flexibility index (Phi) is 5.35. The first kappa shape index (κ1) is 20.2. The molecule has 30 heavy (non-hydrogen) atoms. The zero-order valence-corrected chi connectivity index (χ0v) is 17.0. The Balaban J connectivity index is 1.82. The van der Waals surface area contributed by atoms with Crippen LogP contribution >= 0.6 is 11.6 Å². The highest BCUT2D eigenvalue weighted by molar-refractivity contribution is 6.30. The number of pyridine rings is 1. The Hall–Kier alpha value is -3.12. The molecule has 1 aliphatic heterocycles. The Morgan fingerprint density at radius 2 is 1.97 bits per heavy atom. The molecular formula is C23H20ClF2N3O. The van der Waals surface area contributed by atoms with Crippen molar-refractivity contribution in [3.63, 3.8) is 0 Å². The summed E-state index contributed by atoms with van der Waals surface area (Å²) in [6.45, 7) is -0.440. The quantitative estimate of drug-likeness (QED) is 0.601. The van der Waals surface area contributed by atoms with Crippen LogP contribution < -0.4 is 15.8 Å². The number of rotatable bonds is 5. The van der Waals surface area contributed by atoms with Crippen molar-refractivity contribution in [1.29, 1.82) is 0 Å². The van der Waals surface area contributed by atoms with Crippen LogP contribution in [-0.2, 0) is 5.41 Å². The van der Waals surface area contributed by atoms with Crippen molar-refractivity contribution < 1.29 is 13.5 Å². The number of nitrogens with two attached hydrogens (primary N) is 1. The van der Waals surface area contributed by atoms with Crippen LogP contribution in [0.4, 0.5) is 8.78 Å². The van der Waals surface area contributed by atoms with Crippen molar-refractivity contribution in [2.45, 2.75) is 19.0 Å². The van der Waals surface area contributed by atoms with Crippen LogP contribution in [-0.4, -0.2) is 18.1 Å². The van der Waals surface area contributed by atoms with E-state index in [2.05, 4.69) is 21.1 Å². The molecule has 0 saturated heterocycles. The molecule has 1 aliphatic rings. The summed E-state index contributed by atoms with van der Waals surface area (Å²) in [6, 6.07) is 14.9. The lowest BCUT2D eigenvalue weighted by molar-refractivity contribution is -0.0498. The van der Waals surface area contributed by atoms with Gasteiger partial charge in [0, 0.05) is 24.5 Å². The lowest BCUT2D eigenvalue weighted by Gasteiger charge is -2.30. The summed E-state index contributed by atoms with van der Waals surface area (Å²) in [7, 11) is 0. The molecule has 4 nitrogen and oxygen atoms in total. The SMILES string of the molecule is Cc1cc(OC(F)F)ccc1C1(c2cccc(-c3cncc(Cl)c3)c2)C=C(N)NC1. The number of nitrogens with one attached hydrogen (secondary N) is 1. The highest BCUT2D eigenvalue weighted by Gasteiger charge is 2.37. The molecule has 0 bridgehead atoms. The van der Waals surface area contributed by atoms with Gasteiger partial charge in [-0.05, 0) is 59.5 Å². The van der Waals surface area contributed by atoms with Crippen molar-refractivity contribution in [2.24, 2.45) is 5.73 Å². The van der Waals surface area contributed by atoms with E-state index in [1.165, 1.54) is 0 Å². The van der Waals surface area contributed by atoms with E-state index >= 15 is 0 Å². The number of nitrogens with zero attached hydrogens (tertiary/aromatic N) is 1. The van der Waals surface area contributed by atoms with Gasteiger partial charge < -0.3 is 15.8 Å². The van der Waals surface area contributed by atoms with E-state index in [9.17, 15) is 8.78 Å². The minimum atomic E-state index is -2.86. The van der Waals surface area contributed by atoms with Crippen LogP contribution in [0.2, 0.25) is 5.02 Å². The Bertz CT molecular complexity index is 1120. The Morgan fingerprint density at radius 1 is 1.13 bits per heavy atom. The summed E-state index contributed by atoms with van der Waals surface area (Å²) in [4.78, 5) is 4.17. The van der Waals surface area contributed by atoms with Crippen LogP contribution in [0.1, 0.15) is 16.7 Å². The third kappa shape index (κ3) is 3.83. The molecule has 1 atom stereocenters. The maximum absolute atomic E-state index is 12.6. The number of halogens is 3. The molecule has 0 saturated carbocycles. The van der Waals surface area contributed by atoms with E-state index in [0.717, 1.165) is 27.8 Å². The zero-order valence-electron chi connectivity index (χ0n) is 16.2. The molecule has 1 aromatic heterocycles. The molecule has 0 amide bonds. The molecule has 2 heterocycles. The summed E-state index contributed by atoms with van der Waals surface area (Å²) < 4.78 is 29.8. The average molecular weight is 428 g/mol. The van der Waals surface area contributed by atoms with Crippen LogP contribution in [0.25, 0.3) is 11.1 Å². The van der Waals surface area contributed by atoms with E-state index in [4.69, 9.17) is 17.3 Å². The summed E-state index contributed by atoms with van der Waals surface area (Å²) >= 11 is 6.11. The molecule has 154 valence electrons. The van der Waals surface area contributed by atoms with Gasteiger partial charge in [-0.2, -0.15) is 8.78 Å². The van der Waals surface area contributed by atoms with Crippen molar-refractivity contribution in [2.75, 3.05) is 6.54 Å². The molecule has 1 unspecified atom stereocenters. The molecule has 0 fully saturated rings. The number of alkyl halides is 2. The molecule has 0 radical (unpaired) electrons. The fourth-order valence-corrected chi connectivity index (χ4v) is 4.16. The van der Waals surface area contributed by atoms with Gasteiger partial charge in [0.25, 0.3) is 0 Å². The van der Waals surface area contributed by atoms with E-state index in [1.807, 2.05) is 43.3 Å². The van der Waals surface area contributed by atoms with Crippen LogP contribution in [0.5, 0.6) is 5.75 Å². The fraction of sp³-hybridized carbons (Fsp3) is 0.174. The number of aromatic nitrogens is 1. The maximum atomic E-state index is 12.6. The van der Waals surface area contributed by atoms with Crippen LogP contribution in [0, 0.1) is 6.92 Å². The number of benzene rings is 2. The van der Waals surface area contributed by atoms with Gasteiger partial charge >= 0.3 is 6.61 Å². The zero-order chi connectivity index (χ0) is 21.3. The van der Waals surface area contributed by atoms with E-state index in [0.29, 0.717) is 17.4 Å². The molecule has 3 N–H and O–H groups in total. The van der Waals surface area contributed by atoms with Gasteiger partial charge in [-0.3, -0.25) is 4.98 Å². The maximum Gasteiger partial charge on any atom is 0.387 e. The summed E-state index contributed by atoms with van der Waals surface area (Å²) in [6.07, 6.45) is 5.32. The molecule has 4 rings (SSSR count). The predicted octanol–water partition coefficient (Wildman–Crippen LogP) is 5.00. The van der Waals surface area contributed by atoms with Crippen LogP contribution in [0.3, 0.4) is 0 Å². The van der Waals surface area contributed by atoms with E-state index in [1.54, 1.807) is 24.5 Å². The first-order valence-corrected chi connectivity index (χ1v) is 9.75. The largest absolute Gasteiger partial charge is 0.435 e. The van der Waals surface area contributed by atoms with Crippen molar-refractivity contribution in [1.82, 2.24) is 10.3 Å². The summed E-state index contributed by atoms with van der Waals surface area (Å²) in [5, 5.41) is 3.76. The normalized spacial score (nSPS) is 18.2. The fourth-order valence-electron chi connectivity index (χ4n) is 3.98. The number of ether oxygens (including phenoxy) is 1. The predicted molar refractivity (Wildman–Crippen MR) is 114 cm³/mol. The van der Waals surface area contributed by atoms with Gasteiger partial charge in [0.15, 0.2) is 0 Å². The van der Waals surface area contributed by atoms with E-state index < -0.39 is 12.0 Å². The first-order chi connectivity index (χ1) is 14.4. The van der Waals surface area contributed by atoms with E-state index in [-0.39, 0.29) is 5.75 Å². The smallest absolute Gasteiger partial charge is 0.387 e. The highest BCUT2D eigenvalue weighted by Crippen LogP contribution is 2.40. The van der Waals surface area contributed by atoms with Gasteiger partial charge in [-0.1, -0.05) is 35.9 Å². The van der Waals surface area contributed by atoms with Gasteiger partial charge in [-0.15, -0.1) is 0 Å². The monoisotopic (exact) mass is 427 g/mol. The Labute approximate surface area is 178 Å². The lowest BCUT2D eigenvalue weighted by atomic mass is 9.73. The second-order valence-corrected chi connectivity index (χ2v) is 7.69. The number of aryl methyl sites for hydroxylation is 1. The van der Waals surface area contributed by atoms with Crippen molar-refractivity contribution in [3.8, 4) is 16.9 Å². The van der Waals surface area contributed by atoms with Gasteiger partial charge in [0.2, 0.25) is 0 Å². The van der Waals surface area contributed by atoms with Gasteiger partial charge in [0.05, 0.1) is 16.3 Å². The minimum absolute atomic E-state index is 0.128. The minimum Gasteiger partial charge on any atom is -0.435 e. The standard InChI is InChI=1S/C23H20ClF2N3O/c1-14-7-19(30-22(25)26)5-6-20(14)23(10-21(27)29-13-23)17-4-2-3-15(8-17)16-9-18(24)12-28-11-16/h2-12,22,29H,13,27H2,1H3. The molecular weight excluding hydrogens is 408 g/mol. The summed E-state index contributed by atoms with van der Waals surface area (Å²) in [5.74, 6) is 0.695. The molecule has 0 aliphatic carbocycles. The number of hydrogen-bond donors (Lipinski definition) is 2. The topological polar surface area (TPSA) is 60.2 Å². The van der Waals surface area contributed by atoms with Crippen molar-refractivity contribution in [3.05, 3.63) is 94.5 Å². The first-order valence-electron chi connectivity index (χ1n) is 9.37. The molecule has 7 heteroatoms. The van der Waals surface area contributed by atoms with Crippen molar-refractivity contribution >= 4 is 11.6 Å². The number of hydrogen-bond acceptors (Lipinski definition) is 4. The van der Waals surface area contributed by atoms with Crippen LogP contribution in [0.15, 0.2) is 72.8 Å². The van der Waals surface area contributed by atoms with Gasteiger partial charge in [0.1, 0.15) is 5.75 Å². The molecule has 2 aromatic carbocycles. The second kappa shape index (κ2) is 7.95. The van der Waals surface area contributed by atoms with Gasteiger partial charge in [-0.25, -0.2) is 0 Å². The molecule has 0 spiro atoms. The lowest BCUT2D eigenvalue weighted by Crippen LogP contribution is -2.32. The third-order valence-electron chi connectivity index (χ3n) is 5.29. The summed E-state index contributed by atoms with van der Waals surface area (Å²) in [5.41, 5.74) is 10.2. The second-order valence-electron chi connectivity index (χ2n) is 7.25. The third-order valence-corrected chi connectivity index (χ3v) is 5.50. The highest BCUT2D eigenvalue weighted by atomic mass is 35.5. The Morgan fingerprint density at radius 3 is 2.63 bits per heavy atom. The average Bonchev–Trinajstić information content (AvgIpc) is 3.10.